The summed E-state index contributed by atoms with van der Waals surface area (Å²) in [4.78, 5) is 0. The molecule has 4 rings (SSSR count). The first-order chi connectivity index (χ1) is 15.6. The van der Waals surface area contributed by atoms with Crippen molar-refractivity contribution in [2.24, 2.45) is 0 Å². The van der Waals surface area contributed by atoms with E-state index in [1.807, 2.05) is 0 Å². The van der Waals surface area contributed by atoms with Crippen molar-refractivity contribution in [1.29, 1.82) is 0 Å². The first-order valence-corrected chi connectivity index (χ1v) is 22.0. The van der Waals surface area contributed by atoms with Crippen molar-refractivity contribution in [2.75, 3.05) is 40.4 Å². The van der Waals surface area contributed by atoms with Gasteiger partial charge >= 0.3 is 194 Å². The van der Waals surface area contributed by atoms with Gasteiger partial charge < -0.3 is 10.2 Å². The molecule has 2 aliphatic heterocycles. The van der Waals surface area contributed by atoms with E-state index in [-0.39, 0.29) is 0 Å². The quantitative estimate of drug-likeness (QED) is 0.407. The molecule has 2 unspecified atom stereocenters. The van der Waals surface area contributed by atoms with Crippen LogP contribution in [0.3, 0.4) is 0 Å². The third-order valence-electron chi connectivity index (χ3n) is 8.36. The van der Waals surface area contributed by atoms with Gasteiger partial charge in [0.1, 0.15) is 0 Å². The third kappa shape index (κ3) is 5.60. The second-order valence-electron chi connectivity index (χ2n) is 10.8. The zero-order valence-electron chi connectivity index (χ0n) is 22.3. The van der Waals surface area contributed by atoms with Gasteiger partial charge in [-0.1, -0.05) is 0 Å². The largest absolute Gasteiger partial charge is 0.857 e. The Labute approximate surface area is 217 Å². The van der Waals surface area contributed by atoms with Gasteiger partial charge in [0.2, 0.25) is 0 Å². The smallest absolute Gasteiger partial charge is 0.153 e. The van der Waals surface area contributed by atoms with Gasteiger partial charge in [0.15, 0.2) is 0 Å². The molecule has 0 N–H and O–H groups in total. The monoisotopic (exact) mass is 654 g/mol. The van der Waals surface area contributed by atoms with Crippen molar-refractivity contribution >= 4 is 16.5 Å². The fourth-order valence-corrected chi connectivity index (χ4v) is 33.0. The average molecular weight is 653 g/mol. The molecule has 33 heavy (non-hydrogen) atoms. The molecule has 4 aliphatic rings. The minimum atomic E-state index is -1.59. The average Bonchev–Trinajstić information content (AvgIpc) is 3.60. The van der Waals surface area contributed by atoms with Crippen LogP contribution in [0, 0.1) is 0 Å². The van der Waals surface area contributed by atoms with Crippen LogP contribution in [0.1, 0.15) is 39.5 Å². The predicted molar refractivity (Wildman–Crippen MR) is 140 cm³/mol. The van der Waals surface area contributed by atoms with Gasteiger partial charge in [0.25, 0.3) is 0 Å². The van der Waals surface area contributed by atoms with Gasteiger partial charge in [-0.3, -0.25) is 0 Å². The molecule has 184 valence electrons. The fourth-order valence-electron chi connectivity index (χ4n) is 6.08. The molecule has 0 amide bonds. The molecule has 2 saturated heterocycles. The molecule has 0 aromatic heterocycles. The standard InChI is InChI=1S/2C12H20NSi.2CH3O.Hf/c2*1-11-6-7-12(10-11)14(2,3)13-8-4-5-9-13;2*1-2;/h2*6-7,10H,4-5,8-9H2,1-3H3;2*1H3;/q;;2*-1;+2. The predicted octanol–water partition coefficient (Wildman–Crippen LogP) is 4.05. The maximum atomic E-state index is 8.25. The summed E-state index contributed by atoms with van der Waals surface area (Å²) in [5.74, 6) is 0. The summed E-state index contributed by atoms with van der Waals surface area (Å²) in [6.07, 6.45) is 21.6. The minimum absolute atomic E-state index is 0.427. The van der Waals surface area contributed by atoms with E-state index < -0.39 is 39.4 Å². The van der Waals surface area contributed by atoms with E-state index in [9.17, 15) is 0 Å². The van der Waals surface area contributed by atoms with Gasteiger partial charge in [-0.05, 0) is 0 Å². The van der Waals surface area contributed by atoms with Gasteiger partial charge in [0, 0.05) is 0 Å². The summed E-state index contributed by atoms with van der Waals surface area (Å²) < 4.78 is 6.79. The van der Waals surface area contributed by atoms with Crippen molar-refractivity contribution in [2.45, 2.75) is 71.3 Å². The molecule has 0 spiro atoms. The molecule has 4 nitrogen and oxygen atoms in total. The molecular weight excluding hydrogens is 607 g/mol. The van der Waals surface area contributed by atoms with Crippen LogP contribution in [0.5, 0.6) is 0 Å². The van der Waals surface area contributed by atoms with Crippen LogP contribution in [0.2, 0.25) is 31.8 Å². The zero-order chi connectivity index (χ0) is 24.9. The third-order valence-corrected chi connectivity index (χ3v) is 37.5. The summed E-state index contributed by atoms with van der Waals surface area (Å²) in [5.41, 5.74) is 3.05. The van der Waals surface area contributed by atoms with Crippen LogP contribution >= 0.6 is 0 Å². The van der Waals surface area contributed by atoms with Gasteiger partial charge in [-0.15, -0.1) is 0 Å². The number of allylic oxidation sites excluding steroid dienone is 8. The number of hydrogen-bond acceptors (Lipinski definition) is 4. The normalized spacial score (nSPS) is 29.8. The van der Waals surface area contributed by atoms with Crippen LogP contribution in [0.25, 0.3) is 0 Å². The first kappa shape index (κ1) is 29.3. The molecule has 0 bridgehead atoms. The molecule has 2 heterocycles. The van der Waals surface area contributed by atoms with Gasteiger partial charge in [-0.2, -0.15) is 14.2 Å². The van der Waals surface area contributed by atoms with E-state index in [4.69, 9.17) is 10.2 Å². The molecule has 0 aromatic rings. The molecular formula is C26H46HfN2O2Si2. The second-order valence-corrected chi connectivity index (χ2v) is 30.4. The maximum absolute atomic E-state index is 8.25. The molecule has 0 aromatic carbocycles. The van der Waals surface area contributed by atoms with Crippen LogP contribution in [0.15, 0.2) is 47.6 Å². The molecule has 2 fully saturated rings. The minimum Gasteiger partial charge on any atom is -0.857 e. The summed E-state index contributed by atoms with van der Waals surface area (Å²) in [6, 6.07) is 0. The number of rotatable bonds is 6. The van der Waals surface area contributed by atoms with Crippen LogP contribution < -0.4 is 10.2 Å². The van der Waals surface area contributed by atoms with Gasteiger partial charge in [-0.25, -0.2) is 0 Å². The fraction of sp³-hybridized carbons (Fsp3) is 0.692. The van der Waals surface area contributed by atoms with E-state index in [0.29, 0.717) is 5.59 Å². The molecule has 0 radical (unpaired) electrons. The second kappa shape index (κ2) is 11.9. The van der Waals surface area contributed by atoms with Crippen molar-refractivity contribution in [3.05, 3.63) is 47.6 Å². The van der Waals surface area contributed by atoms with Crippen molar-refractivity contribution in [1.82, 2.24) is 9.13 Å². The van der Waals surface area contributed by atoms with Crippen LogP contribution in [0.4, 0.5) is 0 Å². The Kier molecular flexibility index (Phi) is 10.6. The van der Waals surface area contributed by atoms with E-state index >= 15 is 0 Å². The molecule has 2 atom stereocenters. The number of hydrogen-bond donors (Lipinski definition) is 0. The van der Waals surface area contributed by atoms with E-state index in [2.05, 4.69) is 85.6 Å². The summed E-state index contributed by atoms with van der Waals surface area (Å²) >= 11 is -1.17. The van der Waals surface area contributed by atoms with Crippen LogP contribution in [-0.4, -0.2) is 66.0 Å². The van der Waals surface area contributed by atoms with Crippen molar-refractivity contribution in [3.63, 3.8) is 0 Å². The van der Waals surface area contributed by atoms with E-state index in [1.54, 1.807) is 0 Å². The summed E-state index contributed by atoms with van der Waals surface area (Å²) in [5, 5.41) is 16.5. The SMILES string of the molecule is CC1=C[C]([Hf+2][C]2([Si](C)(C)N3CCCC3)C=CC(C)=C2)([Si](C)(C)N2CCCC2)C=C1.C[O-].C[O-]. The van der Waals surface area contributed by atoms with Crippen LogP contribution in [-0.2, 0) is 22.9 Å². The van der Waals surface area contributed by atoms with Crippen molar-refractivity contribution in [3.8, 4) is 0 Å². The summed E-state index contributed by atoms with van der Waals surface area (Å²) in [7, 11) is -1.67. The topological polar surface area (TPSA) is 52.6 Å². The van der Waals surface area contributed by atoms with Crippen molar-refractivity contribution < 1.29 is 33.1 Å². The van der Waals surface area contributed by atoms with Gasteiger partial charge in [0.05, 0.1) is 0 Å². The maximum Gasteiger partial charge on any atom is -0.153 e. The Morgan fingerprint density at radius 3 is 1.21 bits per heavy atom. The first-order valence-electron chi connectivity index (χ1n) is 12.5. The molecule has 7 heteroatoms. The Morgan fingerprint density at radius 1 is 0.667 bits per heavy atom. The molecule has 2 aliphatic carbocycles. The zero-order valence-corrected chi connectivity index (χ0v) is 27.9. The van der Waals surface area contributed by atoms with E-state index in [0.717, 1.165) is 14.2 Å². The Bertz CT molecular complexity index is 717. The Morgan fingerprint density at radius 2 is 0.970 bits per heavy atom. The Balaban J connectivity index is 0.000000914. The van der Waals surface area contributed by atoms with E-state index in [1.165, 1.54) is 63.0 Å². The number of nitrogens with zero attached hydrogens (tertiary/aromatic N) is 2. The summed E-state index contributed by atoms with van der Waals surface area (Å²) in [6.45, 7) is 20.9. The Hall–Kier alpha value is 0.104. The molecule has 0 saturated carbocycles.